The van der Waals surface area contributed by atoms with Crippen LogP contribution in [0.15, 0.2) is 42.7 Å². The molecule has 9 nitrogen and oxygen atoms in total. The van der Waals surface area contributed by atoms with E-state index in [0.29, 0.717) is 39.1 Å². The lowest BCUT2D eigenvalue weighted by molar-refractivity contribution is -0.136. The number of aromatic nitrogens is 4. The number of rotatable bonds is 6. The largest absolute Gasteiger partial charge is 0.394 e. The monoisotopic (exact) mass is 480 g/mol. The number of amides is 1. The predicted octanol–water partition coefficient (Wildman–Crippen LogP) is 2.48. The average molecular weight is 481 g/mol. The summed E-state index contributed by atoms with van der Waals surface area (Å²) in [6, 6.07) is 10.1. The van der Waals surface area contributed by atoms with Gasteiger partial charge < -0.3 is 14.7 Å². The molecule has 2 bridgehead atoms. The zero-order chi connectivity index (χ0) is 24.8. The number of carbonyl (C=O) groups is 1. The molecule has 1 aliphatic rings. The molecule has 1 aliphatic heterocycles. The van der Waals surface area contributed by atoms with Gasteiger partial charge in [0, 0.05) is 50.1 Å². The zero-order valence-corrected chi connectivity index (χ0v) is 20.9. The number of hydrogen-bond donors (Lipinski definition) is 1. The lowest BCUT2D eigenvalue weighted by Crippen LogP contribution is -2.47. The van der Waals surface area contributed by atoms with Crippen molar-refractivity contribution < 1.29 is 14.6 Å². The number of pyridine rings is 1. The lowest BCUT2D eigenvalue weighted by Gasteiger charge is -2.35. The number of aryl methyl sites for hydroxylation is 1. The smallest absolute Gasteiger partial charge is 0.222 e. The van der Waals surface area contributed by atoms with Gasteiger partial charge in [-0.2, -0.15) is 0 Å². The molecule has 3 heterocycles. The number of ether oxygens (including phenoxy) is 1. The Balaban J connectivity index is 1.50. The van der Waals surface area contributed by atoms with Gasteiger partial charge in [0.05, 0.1) is 37.1 Å². The van der Waals surface area contributed by atoms with E-state index in [1.807, 2.05) is 25.4 Å². The first kappa shape index (κ1) is 25.2. The maximum atomic E-state index is 13.0. The van der Waals surface area contributed by atoms with Gasteiger partial charge in [0.1, 0.15) is 5.69 Å². The van der Waals surface area contributed by atoms with Crippen LogP contribution in [0.5, 0.6) is 0 Å². The highest BCUT2D eigenvalue weighted by Gasteiger charge is 2.28. The van der Waals surface area contributed by atoms with Crippen molar-refractivity contribution in [2.45, 2.75) is 58.5 Å². The van der Waals surface area contributed by atoms with Crippen molar-refractivity contribution in [1.82, 2.24) is 29.8 Å². The van der Waals surface area contributed by atoms with Crippen molar-refractivity contribution in [3.63, 3.8) is 0 Å². The first-order valence-corrected chi connectivity index (χ1v) is 12.4. The van der Waals surface area contributed by atoms with Crippen molar-refractivity contribution >= 4 is 16.8 Å². The quantitative estimate of drug-likeness (QED) is 0.579. The van der Waals surface area contributed by atoms with Crippen LogP contribution in [0.2, 0.25) is 0 Å². The van der Waals surface area contributed by atoms with Crippen LogP contribution >= 0.6 is 0 Å². The normalized spacial score (nSPS) is 20.9. The van der Waals surface area contributed by atoms with E-state index in [4.69, 9.17) is 4.74 Å². The van der Waals surface area contributed by atoms with Crippen LogP contribution < -0.4 is 0 Å². The molecule has 188 valence electrons. The highest BCUT2D eigenvalue weighted by molar-refractivity contribution is 5.78. The van der Waals surface area contributed by atoms with Gasteiger partial charge in [0.15, 0.2) is 0 Å². The molecule has 1 amide bonds. The Labute approximate surface area is 206 Å². The summed E-state index contributed by atoms with van der Waals surface area (Å²) < 4.78 is 8.14. The summed E-state index contributed by atoms with van der Waals surface area (Å²) in [4.78, 5) is 21.5. The molecule has 2 aromatic heterocycles. The minimum absolute atomic E-state index is 0.0498. The fourth-order valence-corrected chi connectivity index (χ4v) is 4.59. The third kappa shape index (κ3) is 6.62. The van der Waals surface area contributed by atoms with Crippen LogP contribution in [0.25, 0.3) is 10.9 Å². The zero-order valence-electron chi connectivity index (χ0n) is 20.9. The Morgan fingerprint density at radius 3 is 3.00 bits per heavy atom. The van der Waals surface area contributed by atoms with Crippen molar-refractivity contribution in [2.24, 2.45) is 5.92 Å². The van der Waals surface area contributed by atoms with Gasteiger partial charge in [-0.05, 0) is 38.1 Å². The van der Waals surface area contributed by atoms with Gasteiger partial charge in [-0.25, -0.2) is 0 Å². The fraction of sp³-hybridized carbons (Fsp3) is 0.538. The second-order valence-electron chi connectivity index (χ2n) is 9.71. The van der Waals surface area contributed by atoms with Crippen LogP contribution in [0.1, 0.15) is 37.9 Å². The highest BCUT2D eigenvalue weighted by Crippen LogP contribution is 2.19. The second kappa shape index (κ2) is 11.7. The molecule has 35 heavy (non-hydrogen) atoms. The molecule has 0 saturated heterocycles. The van der Waals surface area contributed by atoms with Crippen LogP contribution in [-0.4, -0.2) is 79.7 Å². The van der Waals surface area contributed by atoms with Crippen molar-refractivity contribution in [1.29, 1.82) is 0 Å². The Bertz CT molecular complexity index is 1120. The van der Waals surface area contributed by atoms with Crippen LogP contribution in [0.3, 0.4) is 0 Å². The molecule has 3 aromatic rings. The van der Waals surface area contributed by atoms with Crippen LogP contribution in [0, 0.1) is 5.92 Å². The van der Waals surface area contributed by atoms with E-state index >= 15 is 0 Å². The van der Waals surface area contributed by atoms with Gasteiger partial charge in [-0.15, -0.1) is 5.10 Å². The Kier molecular flexibility index (Phi) is 8.43. The van der Waals surface area contributed by atoms with Crippen LogP contribution in [-0.2, 0) is 29.2 Å². The van der Waals surface area contributed by atoms with Crippen molar-refractivity contribution in [2.75, 3.05) is 26.7 Å². The first-order chi connectivity index (χ1) is 16.9. The highest BCUT2D eigenvalue weighted by atomic mass is 16.5. The molecule has 4 rings (SSSR count). The summed E-state index contributed by atoms with van der Waals surface area (Å²) >= 11 is 0. The number of benzene rings is 1. The summed E-state index contributed by atoms with van der Waals surface area (Å²) in [6.07, 6.45) is 4.66. The van der Waals surface area contributed by atoms with E-state index in [9.17, 15) is 9.90 Å². The topological polar surface area (TPSA) is 96.6 Å². The number of likely N-dealkylation sites (N-methyl/N-ethyl adjacent to an activating group) is 1. The minimum atomic E-state index is -0.240. The number of nitrogens with zero attached hydrogens (tertiary/aromatic N) is 6. The maximum Gasteiger partial charge on any atom is 0.222 e. The Morgan fingerprint density at radius 2 is 2.17 bits per heavy atom. The second-order valence-corrected chi connectivity index (χ2v) is 9.71. The van der Waals surface area contributed by atoms with E-state index < -0.39 is 0 Å². The molecule has 0 fully saturated rings. The molecule has 0 spiro atoms. The van der Waals surface area contributed by atoms with Crippen LogP contribution in [0.4, 0.5) is 0 Å². The summed E-state index contributed by atoms with van der Waals surface area (Å²) in [5, 5.41) is 19.3. The molecule has 1 aromatic carbocycles. The molecule has 0 saturated carbocycles. The molecule has 1 N–H and O–H groups in total. The third-order valence-electron chi connectivity index (χ3n) is 6.66. The molecular formula is C26H36N6O3. The molecule has 0 unspecified atom stereocenters. The van der Waals surface area contributed by atoms with E-state index in [0.717, 1.165) is 23.1 Å². The van der Waals surface area contributed by atoms with E-state index in [1.54, 1.807) is 9.58 Å². The fourth-order valence-electron chi connectivity index (χ4n) is 4.59. The summed E-state index contributed by atoms with van der Waals surface area (Å²) in [5.74, 6) is 0.109. The number of fused-ring (bicyclic) bond motifs is 3. The SMILES string of the molecule is C[C@H](CO)N1C[C@H](C)[C@H](CN(C)Cc2ccc3cccnc3c2)OCc2cn(nn2)CCCC1=O. The number of aliphatic hydroxyl groups excluding tert-OH is 1. The first-order valence-electron chi connectivity index (χ1n) is 12.4. The summed E-state index contributed by atoms with van der Waals surface area (Å²) in [6.45, 7) is 6.90. The van der Waals surface area contributed by atoms with Gasteiger partial charge in [0.2, 0.25) is 5.91 Å². The molecule has 3 atom stereocenters. The minimum Gasteiger partial charge on any atom is -0.394 e. The lowest BCUT2D eigenvalue weighted by atomic mass is 10.0. The molecule has 9 heteroatoms. The van der Waals surface area contributed by atoms with E-state index in [1.165, 1.54) is 5.56 Å². The number of hydrogen-bond acceptors (Lipinski definition) is 7. The number of aliphatic hydroxyl groups is 1. The molecular weight excluding hydrogens is 444 g/mol. The van der Waals surface area contributed by atoms with Crippen molar-refractivity contribution in [3.05, 3.63) is 54.0 Å². The van der Waals surface area contributed by atoms with Gasteiger partial charge in [-0.1, -0.05) is 30.3 Å². The van der Waals surface area contributed by atoms with E-state index in [-0.39, 0.29) is 30.6 Å². The van der Waals surface area contributed by atoms with Gasteiger partial charge >= 0.3 is 0 Å². The summed E-state index contributed by atoms with van der Waals surface area (Å²) in [5.41, 5.74) is 2.96. The molecule has 0 radical (unpaired) electrons. The standard InChI is InChI=1S/C26H36N6O3/c1-19-13-32(20(2)17-33)26(34)7-5-11-31-15-23(28-29-31)18-35-25(19)16-30(3)14-21-8-9-22-6-4-10-27-24(22)12-21/h4,6,8-10,12,15,19-20,25,33H,5,7,11,13-14,16-18H2,1-3H3/t19-,20+,25-/m0/s1. The van der Waals surface area contributed by atoms with Crippen molar-refractivity contribution in [3.8, 4) is 0 Å². The third-order valence-corrected chi connectivity index (χ3v) is 6.66. The van der Waals surface area contributed by atoms with E-state index in [2.05, 4.69) is 58.4 Å². The summed E-state index contributed by atoms with van der Waals surface area (Å²) in [7, 11) is 2.08. The average Bonchev–Trinajstić information content (AvgIpc) is 3.31. The number of carbonyl (C=O) groups excluding carboxylic acids is 1. The maximum absolute atomic E-state index is 13.0. The Morgan fingerprint density at radius 1 is 1.31 bits per heavy atom. The predicted molar refractivity (Wildman–Crippen MR) is 133 cm³/mol. The van der Waals surface area contributed by atoms with Gasteiger partial charge in [-0.3, -0.25) is 19.4 Å². The Hall–Kier alpha value is -2.88. The van der Waals surface area contributed by atoms with Gasteiger partial charge in [0.25, 0.3) is 0 Å². The molecule has 0 aliphatic carbocycles.